The number of carbonyl (C=O) groups is 2. The number of nitrogens with zero attached hydrogens (tertiary/aromatic N) is 5. The van der Waals surface area contributed by atoms with Crippen molar-refractivity contribution in [1.29, 1.82) is 0 Å². The molecule has 33 heavy (non-hydrogen) atoms. The van der Waals surface area contributed by atoms with Gasteiger partial charge in [-0.15, -0.1) is 10.2 Å². The maximum atomic E-state index is 12.6. The number of hydrogen-bond donors (Lipinski definition) is 2. The lowest BCUT2D eigenvalue weighted by atomic mass is 10.1. The summed E-state index contributed by atoms with van der Waals surface area (Å²) in [6, 6.07) is 19.0. The Balaban J connectivity index is 1.57. The summed E-state index contributed by atoms with van der Waals surface area (Å²) >= 11 is 1.24. The number of nitrogens with one attached hydrogen (secondary N) is 2. The van der Waals surface area contributed by atoms with Crippen LogP contribution in [0.5, 0.6) is 0 Å². The minimum absolute atomic E-state index is 0.122. The second kappa shape index (κ2) is 10.1. The molecule has 4 aromatic rings. The number of hydrogen-bond acceptors (Lipinski definition) is 8. The van der Waals surface area contributed by atoms with E-state index < -0.39 is 0 Å². The molecule has 0 saturated carbocycles. The molecule has 0 fully saturated rings. The minimum Gasteiger partial charge on any atom is -0.349 e. The lowest BCUT2D eigenvalue weighted by Crippen LogP contribution is -2.28. The van der Waals surface area contributed by atoms with Crippen molar-refractivity contribution in [3.05, 3.63) is 66.2 Å². The molecule has 10 nitrogen and oxygen atoms in total. The van der Waals surface area contributed by atoms with Crippen LogP contribution in [0.3, 0.4) is 0 Å². The van der Waals surface area contributed by atoms with Crippen LogP contribution in [0.25, 0.3) is 17.2 Å². The van der Waals surface area contributed by atoms with Crippen LogP contribution in [0.15, 0.2) is 70.4 Å². The van der Waals surface area contributed by atoms with Crippen molar-refractivity contribution in [2.75, 3.05) is 11.1 Å². The summed E-state index contributed by atoms with van der Waals surface area (Å²) in [5.41, 5.74) is 2.01. The van der Waals surface area contributed by atoms with E-state index >= 15 is 0 Å². The quantitative estimate of drug-likeness (QED) is 0.381. The van der Waals surface area contributed by atoms with Gasteiger partial charge in [0.25, 0.3) is 0 Å². The predicted octanol–water partition coefficient (Wildman–Crippen LogP) is 3.25. The van der Waals surface area contributed by atoms with Gasteiger partial charge in [-0.1, -0.05) is 60.3 Å². The van der Waals surface area contributed by atoms with Crippen LogP contribution >= 0.6 is 11.8 Å². The summed E-state index contributed by atoms with van der Waals surface area (Å²) in [5, 5.41) is 22.2. The van der Waals surface area contributed by atoms with E-state index in [1.807, 2.05) is 67.6 Å². The standard InChI is InChI=1S/C22H21N7O3S/c1-14(16-9-5-3-6-10-16)23-18(31)13-33-22-26-25-21(29(22)17-11-7-4-8-12-17)19-20(24-15(2)30)28-32-27-19/h3-12,14H,13H2,1-2H3,(H,23,31)(H,24,28,30)/t14-/m0/s1. The molecule has 0 aliphatic rings. The van der Waals surface area contributed by atoms with Crippen LogP contribution in [0.4, 0.5) is 5.82 Å². The number of anilines is 1. The van der Waals surface area contributed by atoms with Crippen LogP contribution in [0.2, 0.25) is 0 Å². The summed E-state index contributed by atoms with van der Waals surface area (Å²) in [6.45, 7) is 3.29. The number of thioether (sulfide) groups is 1. The van der Waals surface area contributed by atoms with Gasteiger partial charge in [-0.2, -0.15) is 0 Å². The third-order valence-electron chi connectivity index (χ3n) is 4.65. The van der Waals surface area contributed by atoms with Crippen molar-refractivity contribution in [2.45, 2.75) is 25.0 Å². The van der Waals surface area contributed by atoms with Crippen molar-refractivity contribution in [1.82, 2.24) is 30.4 Å². The molecule has 168 valence electrons. The van der Waals surface area contributed by atoms with Crippen LogP contribution in [-0.4, -0.2) is 42.6 Å². The summed E-state index contributed by atoms with van der Waals surface area (Å²) in [7, 11) is 0. The van der Waals surface area contributed by atoms with Crippen molar-refractivity contribution in [2.24, 2.45) is 0 Å². The van der Waals surface area contributed by atoms with Gasteiger partial charge in [0.15, 0.2) is 16.7 Å². The van der Waals surface area contributed by atoms with Crippen LogP contribution < -0.4 is 10.6 Å². The number of aromatic nitrogens is 5. The Bertz CT molecular complexity index is 1240. The lowest BCUT2D eigenvalue weighted by Gasteiger charge is -2.14. The Morgan fingerprint density at radius 3 is 2.42 bits per heavy atom. The highest BCUT2D eigenvalue weighted by molar-refractivity contribution is 7.99. The van der Waals surface area contributed by atoms with E-state index in [-0.39, 0.29) is 35.1 Å². The number of benzene rings is 2. The molecule has 0 aliphatic heterocycles. The molecule has 4 rings (SSSR count). The number of amides is 2. The van der Waals surface area contributed by atoms with E-state index in [9.17, 15) is 9.59 Å². The van der Waals surface area contributed by atoms with E-state index in [0.717, 1.165) is 11.3 Å². The molecule has 0 saturated heterocycles. The fourth-order valence-electron chi connectivity index (χ4n) is 3.15. The molecule has 2 N–H and O–H groups in total. The highest BCUT2D eigenvalue weighted by Gasteiger charge is 2.24. The molecular formula is C22H21N7O3S. The van der Waals surface area contributed by atoms with E-state index in [2.05, 4.69) is 31.1 Å². The molecule has 0 radical (unpaired) electrons. The Morgan fingerprint density at radius 2 is 1.73 bits per heavy atom. The average Bonchev–Trinajstić information content (AvgIpc) is 3.45. The normalized spacial score (nSPS) is 11.7. The first-order chi connectivity index (χ1) is 16.0. The first-order valence-corrected chi connectivity index (χ1v) is 11.1. The SMILES string of the molecule is CC(=O)Nc1nonc1-c1nnc(SCC(=O)N[C@@H](C)c2ccccc2)n1-c1ccccc1. The number of carbonyl (C=O) groups excluding carboxylic acids is 2. The van der Waals surface area contributed by atoms with E-state index in [1.54, 1.807) is 4.57 Å². The fourth-order valence-corrected chi connectivity index (χ4v) is 3.91. The van der Waals surface area contributed by atoms with Gasteiger partial charge in [0.2, 0.25) is 17.6 Å². The molecule has 0 spiro atoms. The zero-order valence-corrected chi connectivity index (χ0v) is 18.7. The van der Waals surface area contributed by atoms with Crippen LogP contribution in [0.1, 0.15) is 25.5 Å². The molecule has 11 heteroatoms. The summed E-state index contributed by atoms with van der Waals surface area (Å²) in [6.07, 6.45) is 0. The second-order valence-corrected chi connectivity index (χ2v) is 8.05. The smallest absolute Gasteiger partial charge is 0.230 e. The predicted molar refractivity (Wildman–Crippen MR) is 123 cm³/mol. The van der Waals surface area contributed by atoms with Crippen LogP contribution in [0, 0.1) is 0 Å². The summed E-state index contributed by atoms with van der Waals surface area (Å²) < 4.78 is 6.56. The topological polar surface area (TPSA) is 128 Å². The Hall–Kier alpha value is -3.99. The Labute approximate surface area is 193 Å². The van der Waals surface area contributed by atoms with E-state index in [0.29, 0.717) is 11.0 Å². The van der Waals surface area contributed by atoms with Gasteiger partial charge in [-0.05, 0) is 34.9 Å². The molecule has 0 aliphatic carbocycles. The highest BCUT2D eigenvalue weighted by Crippen LogP contribution is 2.30. The van der Waals surface area contributed by atoms with Gasteiger partial charge < -0.3 is 10.6 Å². The van der Waals surface area contributed by atoms with Gasteiger partial charge >= 0.3 is 0 Å². The van der Waals surface area contributed by atoms with Gasteiger partial charge in [-0.3, -0.25) is 14.2 Å². The zero-order chi connectivity index (χ0) is 23.2. The first-order valence-electron chi connectivity index (χ1n) is 10.1. The third-order valence-corrected chi connectivity index (χ3v) is 5.58. The Morgan fingerprint density at radius 1 is 1.03 bits per heavy atom. The molecule has 2 heterocycles. The van der Waals surface area contributed by atoms with Gasteiger partial charge in [0.05, 0.1) is 11.8 Å². The minimum atomic E-state index is -0.323. The highest BCUT2D eigenvalue weighted by atomic mass is 32.2. The average molecular weight is 464 g/mol. The van der Waals surface area contributed by atoms with Gasteiger partial charge in [-0.25, -0.2) is 4.63 Å². The maximum Gasteiger partial charge on any atom is 0.230 e. The number of rotatable bonds is 8. The zero-order valence-electron chi connectivity index (χ0n) is 17.9. The monoisotopic (exact) mass is 463 g/mol. The fraction of sp³-hybridized carbons (Fsp3) is 0.182. The molecule has 2 amide bonds. The lowest BCUT2D eigenvalue weighted by molar-refractivity contribution is -0.119. The maximum absolute atomic E-state index is 12.6. The van der Waals surface area contributed by atoms with Crippen molar-refractivity contribution < 1.29 is 14.2 Å². The molecule has 0 bridgehead atoms. The van der Waals surface area contributed by atoms with Crippen molar-refractivity contribution in [3.63, 3.8) is 0 Å². The summed E-state index contributed by atoms with van der Waals surface area (Å²) in [5.74, 6) is 0.140. The van der Waals surface area contributed by atoms with Crippen molar-refractivity contribution >= 4 is 29.4 Å². The number of para-hydroxylation sites is 1. The third kappa shape index (κ3) is 5.26. The van der Waals surface area contributed by atoms with Crippen LogP contribution in [-0.2, 0) is 9.59 Å². The van der Waals surface area contributed by atoms with Crippen molar-refractivity contribution in [3.8, 4) is 17.2 Å². The molecule has 0 unspecified atom stereocenters. The Kier molecular flexibility index (Phi) is 6.79. The molecule has 2 aromatic heterocycles. The molecule has 2 aromatic carbocycles. The molecular weight excluding hydrogens is 442 g/mol. The van der Waals surface area contributed by atoms with Gasteiger partial charge in [0, 0.05) is 12.6 Å². The largest absolute Gasteiger partial charge is 0.349 e. The second-order valence-electron chi connectivity index (χ2n) is 7.11. The van der Waals surface area contributed by atoms with E-state index in [1.165, 1.54) is 18.7 Å². The summed E-state index contributed by atoms with van der Waals surface area (Å²) in [4.78, 5) is 24.1. The van der Waals surface area contributed by atoms with E-state index in [4.69, 9.17) is 4.63 Å². The first kappa shape index (κ1) is 22.2. The van der Waals surface area contributed by atoms with Gasteiger partial charge in [0.1, 0.15) is 0 Å². The molecule has 1 atom stereocenters.